The first kappa shape index (κ1) is 12.8. The smallest absolute Gasteiger partial charge is 0.423 e. The minimum absolute atomic E-state index is 0.255. The molecule has 1 aromatic heterocycles. The molecule has 0 aliphatic heterocycles. The zero-order chi connectivity index (χ0) is 10.3. The van der Waals surface area contributed by atoms with Gasteiger partial charge in [0.1, 0.15) is 5.15 Å². The van der Waals surface area contributed by atoms with E-state index in [9.17, 15) is 4.48 Å². The maximum absolute atomic E-state index is 9.95. The molecule has 0 unspecified atom stereocenters. The zero-order valence-electron chi connectivity index (χ0n) is 6.26. The summed E-state index contributed by atoms with van der Waals surface area (Å²) in [5.41, 5.74) is 0.347. The Bertz CT molecular complexity index is 278. The summed E-state index contributed by atoms with van der Waals surface area (Å²) in [5, 5.41) is 17.5. The SMILES string of the molecule is F[N]=[W].OB(O)c1ccnc(Cl)c1. The van der Waals surface area contributed by atoms with E-state index in [0.29, 0.717) is 25.1 Å². The number of aromatic nitrogens is 1. The Morgan fingerprint density at radius 1 is 1.62 bits per heavy atom. The van der Waals surface area contributed by atoms with E-state index in [2.05, 4.69) is 8.70 Å². The molecule has 13 heavy (non-hydrogen) atoms. The minimum atomic E-state index is -1.47. The van der Waals surface area contributed by atoms with Crippen LogP contribution in [-0.2, 0) is 19.6 Å². The van der Waals surface area contributed by atoms with Crippen LogP contribution in [0.5, 0.6) is 0 Å². The summed E-state index contributed by atoms with van der Waals surface area (Å²) in [7, 11) is -1.47. The third-order valence-electron chi connectivity index (χ3n) is 1.05. The molecular formula is C5H5BClFN2O2W. The van der Waals surface area contributed by atoms with Gasteiger partial charge in [0.15, 0.2) is 0 Å². The van der Waals surface area contributed by atoms with Gasteiger partial charge in [-0.15, -0.1) is 0 Å². The Morgan fingerprint density at radius 2 is 2.15 bits per heavy atom. The summed E-state index contributed by atoms with van der Waals surface area (Å²) < 4.78 is 12.0. The number of hydrogen-bond donors (Lipinski definition) is 2. The van der Waals surface area contributed by atoms with Crippen molar-refractivity contribution in [3.05, 3.63) is 23.5 Å². The van der Waals surface area contributed by atoms with Crippen molar-refractivity contribution in [3.63, 3.8) is 0 Å². The third kappa shape index (κ3) is 5.99. The summed E-state index contributed by atoms with van der Waals surface area (Å²) >= 11 is 6.09. The van der Waals surface area contributed by atoms with Gasteiger partial charge in [-0.1, -0.05) is 11.6 Å². The monoisotopic (exact) mass is 374 g/mol. The molecule has 4 nitrogen and oxygen atoms in total. The molecule has 0 bridgehead atoms. The van der Waals surface area contributed by atoms with Gasteiger partial charge in [-0.3, -0.25) is 0 Å². The first-order chi connectivity index (χ1) is 6.11. The fraction of sp³-hybridized carbons (Fsp3) is 0. The molecule has 1 aromatic rings. The van der Waals surface area contributed by atoms with Gasteiger partial charge in [0.25, 0.3) is 0 Å². The van der Waals surface area contributed by atoms with Gasteiger partial charge in [0.05, 0.1) is 0 Å². The van der Waals surface area contributed by atoms with Gasteiger partial charge in [-0.2, -0.15) is 0 Å². The standard InChI is InChI=1S/C5H5BClNO2.FN.W/c7-5-3-4(6(9)10)1-2-8-5;1-2;/h1-3,9-10H;;. The van der Waals surface area contributed by atoms with E-state index in [1.54, 1.807) is 0 Å². The van der Waals surface area contributed by atoms with Crippen LogP contribution in [0.15, 0.2) is 22.0 Å². The number of pyridine rings is 1. The van der Waals surface area contributed by atoms with Crippen LogP contribution < -0.4 is 5.46 Å². The van der Waals surface area contributed by atoms with Gasteiger partial charge in [-0.25, -0.2) is 4.98 Å². The molecule has 0 spiro atoms. The van der Waals surface area contributed by atoms with E-state index in [4.69, 9.17) is 21.6 Å². The Hall–Kier alpha value is -0.157. The fourth-order valence-corrected chi connectivity index (χ4v) is 0.760. The largest absolute Gasteiger partial charge is 0.488 e. The summed E-state index contributed by atoms with van der Waals surface area (Å²) in [5.74, 6) is 0. The molecule has 1 heterocycles. The van der Waals surface area contributed by atoms with E-state index in [-0.39, 0.29) is 5.15 Å². The number of hydrogen-bond acceptors (Lipinski definition) is 4. The van der Waals surface area contributed by atoms with Crippen LogP contribution in [0.4, 0.5) is 4.48 Å². The Labute approximate surface area is 90.6 Å². The van der Waals surface area contributed by atoms with Gasteiger partial charge in [-0.05, 0) is 17.6 Å². The van der Waals surface area contributed by atoms with Crippen molar-refractivity contribution in [1.29, 1.82) is 0 Å². The van der Waals surface area contributed by atoms with Crippen LogP contribution in [0.2, 0.25) is 5.15 Å². The number of rotatable bonds is 1. The summed E-state index contributed by atoms with van der Waals surface area (Å²) in [6, 6.07) is 2.88. The van der Waals surface area contributed by atoms with Crippen LogP contribution in [0.3, 0.4) is 0 Å². The summed E-state index contributed by atoms with van der Waals surface area (Å²) in [6.45, 7) is 0. The van der Waals surface area contributed by atoms with Gasteiger partial charge < -0.3 is 10.0 Å². The topological polar surface area (TPSA) is 65.7 Å². The van der Waals surface area contributed by atoms with E-state index in [1.165, 1.54) is 18.3 Å². The predicted molar refractivity (Wildman–Crippen MR) is 42.6 cm³/mol. The minimum Gasteiger partial charge on any atom is -0.423 e. The molecule has 0 saturated heterocycles. The number of halogens is 2. The predicted octanol–water partition coefficient (Wildman–Crippen LogP) is 0.0161. The molecule has 0 atom stereocenters. The average molecular weight is 374 g/mol. The second-order valence-corrected chi connectivity index (χ2v) is 2.74. The molecule has 2 N–H and O–H groups in total. The van der Waals surface area contributed by atoms with E-state index < -0.39 is 7.12 Å². The van der Waals surface area contributed by atoms with Crippen LogP contribution in [0, 0.1) is 0 Å². The van der Waals surface area contributed by atoms with Gasteiger partial charge in [0, 0.05) is 6.20 Å². The molecule has 0 amide bonds. The van der Waals surface area contributed by atoms with Crippen LogP contribution >= 0.6 is 11.6 Å². The van der Waals surface area contributed by atoms with Crippen LogP contribution in [0.1, 0.15) is 0 Å². The average Bonchev–Trinajstić information content (AvgIpc) is 2.05. The fourth-order valence-electron chi connectivity index (χ4n) is 0.578. The molecule has 1 rings (SSSR count). The number of nitrogens with zero attached hydrogens (tertiary/aromatic N) is 2. The molecule has 8 heteroatoms. The first-order valence-corrected chi connectivity index (χ1v) is 4.72. The molecule has 0 saturated carbocycles. The summed E-state index contributed by atoms with van der Waals surface area (Å²) in [6.07, 6.45) is 1.41. The molecule has 0 fully saturated rings. The second kappa shape index (κ2) is 7.27. The van der Waals surface area contributed by atoms with Crippen molar-refractivity contribution in [1.82, 2.24) is 4.98 Å². The van der Waals surface area contributed by atoms with Gasteiger partial charge >= 0.3 is 34.9 Å². The zero-order valence-corrected chi connectivity index (χ0v) is 9.95. The maximum Gasteiger partial charge on any atom is 0.488 e. The molecule has 0 aromatic carbocycles. The van der Waals surface area contributed by atoms with Crippen molar-refractivity contribution in [3.8, 4) is 0 Å². The van der Waals surface area contributed by atoms with E-state index in [0.717, 1.165) is 0 Å². The molecule has 0 aliphatic carbocycles. The molecule has 70 valence electrons. The van der Waals surface area contributed by atoms with Crippen molar-refractivity contribution < 1.29 is 34.2 Å². The molecule has 0 aliphatic rings. The van der Waals surface area contributed by atoms with E-state index >= 15 is 0 Å². The molecule has 0 radical (unpaired) electrons. The summed E-state index contributed by atoms with van der Waals surface area (Å²) in [4.78, 5) is 3.67. The maximum atomic E-state index is 9.95. The first-order valence-electron chi connectivity index (χ1n) is 3.03. The van der Waals surface area contributed by atoms with Crippen LogP contribution in [0.25, 0.3) is 0 Å². The van der Waals surface area contributed by atoms with Crippen molar-refractivity contribution in [2.24, 2.45) is 3.72 Å². The van der Waals surface area contributed by atoms with Crippen molar-refractivity contribution in [2.45, 2.75) is 0 Å². The van der Waals surface area contributed by atoms with Crippen LogP contribution in [-0.4, -0.2) is 22.2 Å². The van der Waals surface area contributed by atoms with Gasteiger partial charge in [0.2, 0.25) is 0 Å². The second-order valence-electron chi connectivity index (χ2n) is 1.85. The van der Waals surface area contributed by atoms with E-state index in [1.807, 2.05) is 0 Å². The molecular weight excluding hydrogens is 369 g/mol. The Balaban J connectivity index is 0.000000424. The Morgan fingerprint density at radius 3 is 2.46 bits per heavy atom. The Kier molecular flexibility index (Phi) is 7.18. The quantitative estimate of drug-likeness (QED) is 0.538. The third-order valence-corrected chi connectivity index (χ3v) is 1.26. The van der Waals surface area contributed by atoms with Crippen molar-refractivity contribution in [2.75, 3.05) is 0 Å². The normalized spacial score (nSPS) is 8.31. The van der Waals surface area contributed by atoms with Crippen molar-refractivity contribution >= 4 is 24.2 Å².